The summed E-state index contributed by atoms with van der Waals surface area (Å²) in [4.78, 5) is 25.2. The molecule has 7 heteroatoms. The van der Waals surface area contributed by atoms with Gasteiger partial charge in [-0.2, -0.15) is 0 Å². The quantitative estimate of drug-likeness (QED) is 0.846. The van der Waals surface area contributed by atoms with Gasteiger partial charge in [0.1, 0.15) is 17.4 Å². The van der Waals surface area contributed by atoms with E-state index in [0.717, 1.165) is 13.0 Å². The molecule has 2 heterocycles. The van der Waals surface area contributed by atoms with Crippen LogP contribution in [0, 0.1) is 0 Å². The Bertz CT molecular complexity index is 740. The molecule has 1 saturated heterocycles. The van der Waals surface area contributed by atoms with Gasteiger partial charge in [0.25, 0.3) is 5.91 Å². The van der Waals surface area contributed by atoms with Crippen molar-refractivity contribution in [3.05, 3.63) is 48.4 Å². The van der Waals surface area contributed by atoms with Crippen LogP contribution in [0.5, 0.6) is 5.75 Å². The summed E-state index contributed by atoms with van der Waals surface area (Å²) in [6, 6.07) is 11.4. The van der Waals surface area contributed by atoms with E-state index in [0.29, 0.717) is 30.5 Å². The number of nitrogen functional groups attached to an aromatic ring is 1. The number of likely N-dealkylation sites (tertiary alicyclic amines) is 1. The molecule has 0 saturated carbocycles. The van der Waals surface area contributed by atoms with Crippen LogP contribution in [-0.4, -0.2) is 58.0 Å². The Labute approximate surface area is 153 Å². The summed E-state index contributed by atoms with van der Waals surface area (Å²) in [5.74, 6) is 1.89. The summed E-state index contributed by atoms with van der Waals surface area (Å²) in [6.07, 6.45) is 2.08. The van der Waals surface area contributed by atoms with E-state index in [1.54, 1.807) is 19.2 Å². The number of rotatable bonds is 6. The highest BCUT2D eigenvalue weighted by Gasteiger charge is 2.32. The van der Waals surface area contributed by atoms with Gasteiger partial charge < -0.3 is 15.4 Å². The molecule has 0 radical (unpaired) electrons. The maximum absolute atomic E-state index is 12.7. The molecule has 7 nitrogen and oxygen atoms in total. The second-order valence-corrected chi connectivity index (χ2v) is 6.61. The van der Waals surface area contributed by atoms with Crippen molar-refractivity contribution in [3.63, 3.8) is 0 Å². The number of hydrogen-bond acceptors (Lipinski definition) is 6. The number of benzene rings is 1. The van der Waals surface area contributed by atoms with Crippen LogP contribution in [0.1, 0.15) is 19.2 Å². The lowest BCUT2D eigenvalue weighted by molar-refractivity contribution is -0.137. The number of carbonyl (C=O) groups excluding carboxylic acids is 1. The zero-order valence-electron chi connectivity index (χ0n) is 15.2. The predicted octanol–water partition coefficient (Wildman–Crippen LogP) is 1.56. The van der Waals surface area contributed by atoms with Crippen LogP contribution in [-0.2, 0) is 11.3 Å². The molecule has 0 bridgehead atoms. The molecular weight excluding hydrogens is 330 g/mol. The van der Waals surface area contributed by atoms with Gasteiger partial charge in [0.15, 0.2) is 6.10 Å². The number of ether oxygens (including phenoxy) is 1. The van der Waals surface area contributed by atoms with Crippen molar-refractivity contribution < 1.29 is 9.53 Å². The molecule has 1 aliphatic heterocycles. The molecule has 1 aliphatic rings. The van der Waals surface area contributed by atoms with E-state index in [4.69, 9.17) is 10.5 Å². The standard InChI is InChI=1S/C19H25N5O2/c1-14(26-16-6-4-3-5-7-16)19(25)24-11-9-15(12-24)23(2)13-18-21-10-8-17(20)22-18/h3-8,10,14-15H,9,11-13H2,1-2H3,(H2,20,21,22)/t14-,15+/m0/s1. The summed E-state index contributed by atoms with van der Waals surface area (Å²) in [6.45, 7) is 3.81. The van der Waals surface area contributed by atoms with Crippen LogP contribution in [0.25, 0.3) is 0 Å². The van der Waals surface area contributed by atoms with E-state index < -0.39 is 6.10 Å². The number of nitrogens with two attached hydrogens (primary N) is 1. The van der Waals surface area contributed by atoms with Crippen molar-refractivity contribution in [1.82, 2.24) is 19.8 Å². The van der Waals surface area contributed by atoms with E-state index in [1.807, 2.05) is 42.3 Å². The van der Waals surface area contributed by atoms with E-state index in [1.165, 1.54) is 0 Å². The number of amides is 1. The molecule has 2 N–H and O–H groups in total. The minimum Gasteiger partial charge on any atom is -0.481 e. The van der Waals surface area contributed by atoms with Crippen molar-refractivity contribution >= 4 is 11.7 Å². The van der Waals surface area contributed by atoms with Gasteiger partial charge in [-0.15, -0.1) is 0 Å². The fourth-order valence-electron chi connectivity index (χ4n) is 3.16. The monoisotopic (exact) mass is 355 g/mol. The maximum atomic E-state index is 12.7. The third-order valence-electron chi connectivity index (χ3n) is 4.62. The molecule has 2 atom stereocenters. The molecule has 1 aromatic carbocycles. The summed E-state index contributed by atoms with van der Waals surface area (Å²) < 4.78 is 5.75. The molecule has 0 spiro atoms. The first-order valence-corrected chi connectivity index (χ1v) is 8.81. The summed E-state index contributed by atoms with van der Waals surface area (Å²) in [5.41, 5.74) is 5.71. The first-order chi connectivity index (χ1) is 12.5. The fourth-order valence-corrected chi connectivity index (χ4v) is 3.16. The van der Waals surface area contributed by atoms with Crippen molar-refractivity contribution in [2.24, 2.45) is 0 Å². The number of carbonyl (C=O) groups is 1. The normalized spacial score (nSPS) is 18.1. The Morgan fingerprint density at radius 1 is 1.38 bits per heavy atom. The Kier molecular flexibility index (Phi) is 5.68. The van der Waals surface area contributed by atoms with E-state index >= 15 is 0 Å². The smallest absolute Gasteiger partial charge is 0.263 e. The van der Waals surface area contributed by atoms with Crippen molar-refractivity contribution in [2.45, 2.75) is 32.0 Å². The number of anilines is 1. The third kappa shape index (κ3) is 4.49. The Hall–Kier alpha value is -2.67. The van der Waals surface area contributed by atoms with Gasteiger partial charge >= 0.3 is 0 Å². The van der Waals surface area contributed by atoms with Gasteiger partial charge in [0.05, 0.1) is 6.54 Å². The van der Waals surface area contributed by atoms with Gasteiger partial charge in [0.2, 0.25) is 0 Å². The molecule has 2 aromatic rings. The Morgan fingerprint density at radius 2 is 2.15 bits per heavy atom. The van der Waals surface area contributed by atoms with Crippen molar-refractivity contribution in [3.8, 4) is 5.75 Å². The van der Waals surface area contributed by atoms with Crippen LogP contribution in [0.3, 0.4) is 0 Å². The number of para-hydroxylation sites is 1. The van der Waals surface area contributed by atoms with E-state index in [2.05, 4.69) is 14.9 Å². The number of aromatic nitrogens is 2. The lowest BCUT2D eigenvalue weighted by Gasteiger charge is -2.25. The summed E-state index contributed by atoms with van der Waals surface area (Å²) in [5, 5.41) is 0. The maximum Gasteiger partial charge on any atom is 0.263 e. The number of hydrogen-bond donors (Lipinski definition) is 1. The van der Waals surface area contributed by atoms with E-state index in [-0.39, 0.29) is 11.9 Å². The first-order valence-electron chi connectivity index (χ1n) is 8.81. The second-order valence-electron chi connectivity index (χ2n) is 6.61. The molecule has 1 aromatic heterocycles. The fraction of sp³-hybridized carbons (Fsp3) is 0.421. The van der Waals surface area contributed by atoms with Crippen LogP contribution in [0.4, 0.5) is 5.82 Å². The first kappa shape index (κ1) is 18.1. The Balaban J connectivity index is 1.53. The minimum atomic E-state index is -0.501. The summed E-state index contributed by atoms with van der Waals surface area (Å²) in [7, 11) is 2.02. The number of nitrogens with zero attached hydrogens (tertiary/aromatic N) is 4. The average Bonchev–Trinajstić information content (AvgIpc) is 3.12. The highest BCUT2D eigenvalue weighted by Crippen LogP contribution is 2.19. The van der Waals surface area contributed by atoms with Crippen LogP contribution in [0.2, 0.25) is 0 Å². The molecule has 3 rings (SSSR count). The zero-order valence-corrected chi connectivity index (χ0v) is 15.2. The molecule has 0 aliphatic carbocycles. The van der Waals surface area contributed by atoms with Gasteiger partial charge in [0, 0.05) is 25.3 Å². The predicted molar refractivity (Wildman–Crippen MR) is 99.4 cm³/mol. The topological polar surface area (TPSA) is 84.6 Å². The van der Waals surface area contributed by atoms with Crippen molar-refractivity contribution in [2.75, 3.05) is 25.9 Å². The average molecular weight is 355 g/mol. The molecular formula is C19H25N5O2. The Morgan fingerprint density at radius 3 is 2.88 bits per heavy atom. The van der Waals surface area contributed by atoms with Gasteiger partial charge in [-0.3, -0.25) is 9.69 Å². The lowest BCUT2D eigenvalue weighted by Crippen LogP contribution is -2.41. The van der Waals surface area contributed by atoms with Gasteiger partial charge in [-0.1, -0.05) is 18.2 Å². The molecule has 26 heavy (non-hydrogen) atoms. The number of likely N-dealkylation sites (N-methyl/N-ethyl adjacent to an activating group) is 1. The minimum absolute atomic E-state index is 0.0185. The molecule has 0 unspecified atom stereocenters. The SMILES string of the molecule is C[C@H](Oc1ccccc1)C(=O)N1CC[C@@H](N(C)Cc2nccc(N)n2)C1. The van der Waals surface area contributed by atoms with E-state index in [9.17, 15) is 4.79 Å². The van der Waals surface area contributed by atoms with Crippen LogP contribution >= 0.6 is 0 Å². The zero-order chi connectivity index (χ0) is 18.5. The highest BCUT2D eigenvalue weighted by atomic mass is 16.5. The molecule has 138 valence electrons. The molecule has 1 fully saturated rings. The third-order valence-corrected chi connectivity index (χ3v) is 4.62. The highest BCUT2D eigenvalue weighted by molar-refractivity contribution is 5.81. The lowest BCUT2D eigenvalue weighted by atomic mass is 10.2. The second kappa shape index (κ2) is 8.14. The summed E-state index contributed by atoms with van der Waals surface area (Å²) >= 11 is 0. The van der Waals surface area contributed by atoms with Gasteiger partial charge in [-0.25, -0.2) is 9.97 Å². The van der Waals surface area contributed by atoms with Crippen LogP contribution in [0.15, 0.2) is 42.6 Å². The molecule has 1 amide bonds. The van der Waals surface area contributed by atoms with Crippen molar-refractivity contribution in [1.29, 1.82) is 0 Å². The van der Waals surface area contributed by atoms with Gasteiger partial charge in [-0.05, 0) is 38.6 Å². The largest absolute Gasteiger partial charge is 0.481 e. The van der Waals surface area contributed by atoms with Crippen LogP contribution < -0.4 is 10.5 Å².